The molecule has 0 atom stereocenters. The third-order valence-corrected chi connectivity index (χ3v) is 4.68. The predicted molar refractivity (Wildman–Crippen MR) is 92.6 cm³/mol. The van der Waals surface area contributed by atoms with E-state index in [1.54, 1.807) is 0 Å². The second-order valence-corrected chi connectivity index (χ2v) is 6.87. The number of ether oxygens (including phenoxy) is 1. The smallest absolute Gasteiger partial charge is 0.397 e. The van der Waals surface area contributed by atoms with Crippen molar-refractivity contribution in [2.75, 3.05) is 6.54 Å². The zero-order valence-electron chi connectivity index (χ0n) is 14.0. The Morgan fingerprint density at radius 3 is 2.77 bits per heavy atom. The molecule has 2 aromatic heterocycles. The predicted octanol–water partition coefficient (Wildman–Crippen LogP) is 4.59. The number of nitrogens with one attached hydrogen (secondary N) is 2. The van der Waals surface area contributed by atoms with Crippen molar-refractivity contribution < 1.29 is 22.7 Å². The third-order valence-electron chi connectivity index (χ3n) is 3.83. The van der Waals surface area contributed by atoms with E-state index < -0.39 is 23.0 Å². The lowest BCUT2D eigenvalue weighted by Crippen LogP contribution is -2.29. The molecular formula is C17H16F3N3O2S. The number of rotatable bonds is 4. The van der Waals surface area contributed by atoms with Gasteiger partial charge in [-0.3, -0.25) is 0 Å². The number of thiazole rings is 1. The number of alkyl halides is 3. The molecule has 3 aromatic rings. The Morgan fingerprint density at radius 2 is 2.04 bits per heavy atom. The molecule has 3 rings (SSSR count). The molecule has 9 heteroatoms. The highest BCUT2D eigenvalue weighted by Crippen LogP contribution is 2.39. The maximum absolute atomic E-state index is 12.9. The molecule has 0 unspecified atom stereocenters. The highest BCUT2D eigenvalue weighted by Gasteiger charge is 2.39. The summed E-state index contributed by atoms with van der Waals surface area (Å²) >= 11 is 0.686. The van der Waals surface area contributed by atoms with Gasteiger partial charge >= 0.3 is 12.3 Å². The number of aromatic nitrogens is 2. The minimum Gasteiger partial charge on any atom is -0.397 e. The standard InChI is InChI=1S/C17H16F3N3O2S/c1-9-11(12-5-3-4-6-13(12)22-9)7-8-21-16(24)25-15-14(17(18,19)20)23-10(2)26-15/h3-6,22H,7-8H2,1-2H3,(H,21,24). The number of halogens is 3. The normalized spacial score (nSPS) is 11.7. The number of benzene rings is 1. The molecule has 0 bridgehead atoms. The molecule has 5 nitrogen and oxygen atoms in total. The number of nitrogens with zero attached hydrogens (tertiary/aromatic N) is 1. The van der Waals surface area contributed by atoms with Crippen LogP contribution in [0.5, 0.6) is 5.06 Å². The number of fused-ring (bicyclic) bond motifs is 1. The molecule has 0 radical (unpaired) electrons. The van der Waals surface area contributed by atoms with Gasteiger partial charge in [-0.2, -0.15) is 13.2 Å². The Bertz CT molecular complexity index is 947. The number of para-hydroxylation sites is 1. The van der Waals surface area contributed by atoms with E-state index in [0.29, 0.717) is 17.8 Å². The van der Waals surface area contributed by atoms with Gasteiger partial charge in [-0.25, -0.2) is 9.78 Å². The average Bonchev–Trinajstić information content (AvgIpc) is 3.07. The highest BCUT2D eigenvalue weighted by molar-refractivity contribution is 7.13. The quantitative estimate of drug-likeness (QED) is 0.692. The van der Waals surface area contributed by atoms with Crippen LogP contribution in [0.25, 0.3) is 10.9 Å². The van der Waals surface area contributed by atoms with Crippen molar-refractivity contribution in [3.63, 3.8) is 0 Å². The lowest BCUT2D eigenvalue weighted by molar-refractivity contribution is -0.141. The zero-order chi connectivity index (χ0) is 18.9. The molecule has 0 spiro atoms. The summed E-state index contributed by atoms with van der Waals surface area (Å²) in [6.45, 7) is 3.59. The second kappa shape index (κ2) is 6.99. The molecule has 0 aliphatic carbocycles. The molecule has 2 heterocycles. The maximum atomic E-state index is 12.9. The average molecular weight is 383 g/mol. The molecular weight excluding hydrogens is 367 g/mol. The highest BCUT2D eigenvalue weighted by atomic mass is 32.1. The van der Waals surface area contributed by atoms with Gasteiger partial charge in [0.2, 0.25) is 5.06 Å². The number of carbonyl (C=O) groups excluding carboxylic acids is 1. The molecule has 138 valence electrons. The van der Waals surface area contributed by atoms with Gasteiger partial charge in [-0.1, -0.05) is 29.5 Å². The largest absolute Gasteiger partial charge is 0.438 e. The summed E-state index contributed by atoms with van der Waals surface area (Å²) in [6.07, 6.45) is -5.07. The Kier molecular flexibility index (Phi) is 4.90. The number of aromatic amines is 1. The van der Waals surface area contributed by atoms with Gasteiger partial charge in [0, 0.05) is 23.1 Å². The van der Waals surface area contributed by atoms with Gasteiger partial charge in [-0.15, -0.1) is 0 Å². The number of hydrogen-bond donors (Lipinski definition) is 2. The van der Waals surface area contributed by atoms with Crippen LogP contribution in [0.1, 0.15) is 22.0 Å². The van der Waals surface area contributed by atoms with Crippen LogP contribution in [0.4, 0.5) is 18.0 Å². The fraction of sp³-hybridized carbons (Fsp3) is 0.294. The van der Waals surface area contributed by atoms with Crippen molar-refractivity contribution in [1.82, 2.24) is 15.3 Å². The Hall–Kier alpha value is -2.55. The van der Waals surface area contributed by atoms with Crippen LogP contribution in [0, 0.1) is 13.8 Å². The molecule has 0 saturated heterocycles. The number of carbonyl (C=O) groups is 1. The van der Waals surface area contributed by atoms with E-state index in [-0.39, 0.29) is 11.6 Å². The fourth-order valence-electron chi connectivity index (χ4n) is 2.72. The molecule has 0 aliphatic rings. The number of hydrogen-bond acceptors (Lipinski definition) is 4. The Labute approximate surface area is 151 Å². The van der Waals surface area contributed by atoms with Gasteiger partial charge in [0.05, 0.1) is 5.01 Å². The Morgan fingerprint density at radius 1 is 1.31 bits per heavy atom. The molecule has 1 amide bonds. The summed E-state index contributed by atoms with van der Waals surface area (Å²) in [7, 11) is 0. The van der Waals surface area contributed by atoms with Crippen LogP contribution in [0.2, 0.25) is 0 Å². The van der Waals surface area contributed by atoms with E-state index >= 15 is 0 Å². The first-order valence-electron chi connectivity index (χ1n) is 7.82. The second-order valence-electron chi connectivity index (χ2n) is 5.71. The topological polar surface area (TPSA) is 67.0 Å². The van der Waals surface area contributed by atoms with Gasteiger partial charge in [-0.05, 0) is 31.9 Å². The van der Waals surface area contributed by atoms with Crippen molar-refractivity contribution in [3.05, 3.63) is 46.2 Å². The summed E-state index contributed by atoms with van der Waals surface area (Å²) in [5.41, 5.74) is 1.85. The molecule has 2 N–H and O–H groups in total. The summed E-state index contributed by atoms with van der Waals surface area (Å²) in [5, 5.41) is 3.17. The van der Waals surface area contributed by atoms with Crippen LogP contribution in [0.15, 0.2) is 24.3 Å². The summed E-state index contributed by atoms with van der Waals surface area (Å²) < 4.78 is 43.4. The number of aryl methyl sites for hydroxylation is 2. The van der Waals surface area contributed by atoms with E-state index in [1.165, 1.54) is 6.92 Å². The van der Waals surface area contributed by atoms with Crippen molar-refractivity contribution >= 4 is 28.3 Å². The van der Waals surface area contributed by atoms with Crippen molar-refractivity contribution in [2.24, 2.45) is 0 Å². The lowest BCUT2D eigenvalue weighted by Gasteiger charge is -2.08. The molecule has 0 saturated carbocycles. The van der Waals surface area contributed by atoms with Gasteiger partial charge < -0.3 is 15.0 Å². The molecule has 26 heavy (non-hydrogen) atoms. The van der Waals surface area contributed by atoms with E-state index in [0.717, 1.165) is 22.2 Å². The first-order valence-corrected chi connectivity index (χ1v) is 8.64. The zero-order valence-corrected chi connectivity index (χ0v) is 14.8. The maximum Gasteiger partial charge on any atom is 0.438 e. The van der Waals surface area contributed by atoms with Gasteiger partial charge in [0.1, 0.15) is 0 Å². The van der Waals surface area contributed by atoms with Crippen LogP contribution in [0.3, 0.4) is 0 Å². The first kappa shape index (κ1) is 18.2. The summed E-state index contributed by atoms with van der Waals surface area (Å²) in [4.78, 5) is 18.5. The summed E-state index contributed by atoms with van der Waals surface area (Å²) in [6, 6.07) is 7.78. The monoisotopic (exact) mass is 383 g/mol. The Balaban J connectivity index is 1.62. The summed E-state index contributed by atoms with van der Waals surface area (Å²) in [5.74, 6) is 0. The number of amides is 1. The van der Waals surface area contributed by atoms with E-state index in [2.05, 4.69) is 15.3 Å². The third kappa shape index (κ3) is 3.82. The van der Waals surface area contributed by atoms with E-state index in [9.17, 15) is 18.0 Å². The lowest BCUT2D eigenvalue weighted by atomic mass is 10.1. The van der Waals surface area contributed by atoms with Crippen LogP contribution < -0.4 is 10.1 Å². The van der Waals surface area contributed by atoms with Gasteiger partial charge in [0.15, 0.2) is 5.69 Å². The van der Waals surface area contributed by atoms with Crippen molar-refractivity contribution in [3.8, 4) is 5.06 Å². The van der Waals surface area contributed by atoms with Gasteiger partial charge in [0.25, 0.3) is 0 Å². The minimum atomic E-state index is -4.67. The fourth-order valence-corrected chi connectivity index (χ4v) is 3.50. The van der Waals surface area contributed by atoms with E-state index in [4.69, 9.17) is 4.74 Å². The van der Waals surface area contributed by atoms with Crippen LogP contribution >= 0.6 is 11.3 Å². The van der Waals surface area contributed by atoms with Crippen LogP contribution in [-0.2, 0) is 12.6 Å². The molecule has 1 aromatic carbocycles. The SMILES string of the molecule is Cc1nc(C(F)(F)F)c(OC(=O)NCCc2c(C)[nH]c3ccccc23)s1. The van der Waals surface area contributed by atoms with Crippen molar-refractivity contribution in [1.29, 1.82) is 0 Å². The minimum absolute atomic E-state index is 0.176. The van der Waals surface area contributed by atoms with Crippen molar-refractivity contribution in [2.45, 2.75) is 26.4 Å². The van der Waals surface area contributed by atoms with Crippen LogP contribution in [-0.4, -0.2) is 22.6 Å². The molecule has 0 fully saturated rings. The number of H-pyrrole nitrogens is 1. The van der Waals surface area contributed by atoms with E-state index in [1.807, 2.05) is 31.2 Å². The molecule has 0 aliphatic heterocycles. The first-order chi connectivity index (χ1) is 12.3.